The summed E-state index contributed by atoms with van der Waals surface area (Å²) in [7, 11) is 1.75. The minimum Gasteiger partial charge on any atom is -0.383 e. The zero-order valence-electron chi connectivity index (χ0n) is 8.35. The van der Waals surface area contributed by atoms with Crippen LogP contribution in [0.1, 0.15) is 13.8 Å². The van der Waals surface area contributed by atoms with Crippen molar-refractivity contribution in [1.82, 2.24) is 4.90 Å². The second-order valence-electron chi connectivity index (χ2n) is 3.38. The molecule has 3 heteroatoms. The molecule has 0 amide bonds. The maximum absolute atomic E-state index is 5.04. The third-order valence-electron chi connectivity index (χ3n) is 1.64. The van der Waals surface area contributed by atoms with Crippen molar-refractivity contribution in [2.45, 2.75) is 13.8 Å². The molecule has 0 rings (SSSR count). The van der Waals surface area contributed by atoms with E-state index in [4.69, 9.17) is 4.74 Å². The van der Waals surface area contributed by atoms with Gasteiger partial charge >= 0.3 is 0 Å². The second kappa shape index (κ2) is 8.02. The summed E-state index contributed by atoms with van der Waals surface area (Å²) >= 11 is 3.45. The molecule has 0 saturated carbocycles. The van der Waals surface area contributed by atoms with Crippen molar-refractivity contribution in [2.75, 3.05) is 38.7 Å². The lowest BCUT2D eigenvalue weighted by Crippen LogP contribution is -2.32. The normalized spacial score (nSPS) is 11.5. The van der Waals surface area contributed by atoms with Gasteiger partial charge in [0, 0.05) is 32.1 Å². The minimum atomic E-state index is 0.737. The molecule has 2 nitrogen and oxygen atoms in total. The van der Waals surface area contributed by atoms with E-state index in [0.717, 1.165) is 37.5 Å². The molecule has 0 spiro atoms. The first kappa shape index (κ1) is 12.4. The largest absolute Gasteiger partial charge is 0.383 e. The van der Waals surface area contributed by atoms with Crippen LogP contribution >= 0.6 is 15.9 Å². The van der Waals surface area contributed by atoms with Crippen molar-refractivity contribution >= 4 is 15.9 Å². The predicted molar refractivity (Wildman–Crippen MR) is 56.9 cm³/mol. The van der Waals surface area contributed by atoms with Crippen molar-refractivity contribution in [2.24, 2.45) is 5.92 Å². The molecule has 0 aliphatic carbocycles. The highest BCUT2D eigenvalue weighted by Crippen LogP contribution is 1.99. The average Bonchev–Trinajstić information content (AvgIpc) is 2.00. The van der Waals surface area contributed by atoms with Crippen molar-refractivity contribution in [1.29, 1.82) is 0 Å². The van der Waals surface area contributed by atoms with Gasteiger partial charge in [0.25, 0.3) is 0 Å². The standard InChI is InChI=1S/C9H20BrNO/c1-9(2)8-11(5-4-10)6-7-12-3/h9H,4-8H2,1-3H3. The van der Waals surface area contributed by atoms with Gasteiger partial charge in [-0.05, 0) is 5.92 Å². The van der Waals surface area contributed by atoms with E-state index in [1.54, 1.807) is 7.11 Å². The van der Waals surface area contributed by atoms with Gasteiger partial charge in [-0.15, -0.1) is 0 Å². The highest BCUT2D eigenvalue weighted by Gasteiger charge is 2.05. The Morgan fingerprint density at radius 2 is 2.00 bits per heavy atom. The van der Waals surface area contributed by atoms with Gasteiger partial charge in [-0.25, -0.2) is 0 Å². The summed E-state index contributed by atoms with van der Waals surface area (Å²) in [5.41, 5.74) is 0. The third-order valence-corrected chi connectivity index (χ3v) is 1.99. The number of hydrogen-bond donors (Lipinski definition) is 0. The smallest absolute Gasteiger partial charge is 0.0589 e. The summed E-state index contributed by atoms with van der Waals surface area (Å²) in [5, 5.41) is 1.05. The van der Waals surface area contributed by atoms with Gasteiger partial charge in [-0.1, -0.05) is 29.8 Å². The van der Waals surface area contributed by atoms with E-state index in [1.807, 2.05) is 0 Å². The van der Waals surface area contributed by atoms with E-state index in [-0.39, 0.29) is 0 Å². The minimum absolute atomic E-state index is 0.737. The molecular weight excluding hydrogens is 218 g/mol. The molecule has 74 valence electrons. The lowest BCUT2D eigenvalue weighted by molar-refractivity contribution is 0.144. The highest BCUT2D eigenvalue weighted by atomic mass is 79.9. The molecule has 0 heterocycles. The first-order valence-corrected chi connectivity index (χ1v) is 5.60. The Kier molecular flexibility index (Phi) is 8.29. The fraction of sp³-hybridized carbons (Fsp3) is 1.00. The van der Waals surface area contributed by atoms with E-state index in [9.17, 15) is 0 Å². The Balaban J connectivity index is 3.54. The topological polar surface area (TPSA) is 12.5 Å². The van der Waals surface area contributed by atoms with Gasteiger partial charge in [0.1, 0.15) is 0 Å². The van der Waals surface area contributed by atoms with Crippen LogP contribution in [0.15, 0.2) is 0 Å². The quantitative estimate of drug-likeness (QED) is 0.629. The van der Waals surface area contributed by atoms with Gasteiger partial charge < -0.3 is 4.74 Å². The van der Waals surface area contributed by atoms with Gasteiger partial charge in [-0.2, -0.15) is 0 Å². The van der Waals surface area contributed by atoms with E-state index in [1.165, 1.54) is 0 Å². The predicted octanol–water partition coefficient (Wildman–Crippen LogP) is 1.99. The SMILES string of the molecule is COCCN(CCBr)CC(C)C. The van der Waals surface area contributed by atoms with E-state index in [0.29, 0.717) is 0 Å². The Morgan fingerprint density at radius 3 is 2.42 bits per heavy atom. The molecule has 0 aliphatic heterocycles. The van der Waals surface area contributed by atoms with Gasteiger partial charge in [0.15, 0.2) is 0 Å². The summed E-state index contributed by atoms with van der Waals surface area (Å²) in [5.74, 6) is 0.737. The molecule has 0 saturated heterocycles. The van der Waals surface area contributed by atoms with Gasteiger partial charge in [0.2, 0.25) is 0 Å². The number of ether oxygens (including phenoxy) is 1. The molecule has 12 heavy (non-hydrogen) atoms. The summed E-state index contributed by atoms with van der Waals surface area (Å²) in [4.78, 5) is 2.42. The second-order valence-corrected chi connectivity index (χ2v) is 4.17. The summed E-state index contributed by atoms with van der Waals surface area (Å²) < 4.78 is 5.04. The summed E-state index contributed by atoms with van der Waals surface area (Å²) in [6, 6.07) is 0. The fourth-order valence-electron chi connectivity index (χ4n) is 1.15. The molecule has 0 radical (unpaired) electrons. The number of rotatable bonds is 7. The maximum atomic E-state index is 5.04. The number of halogens is 1. The highest BCUT2D eigenvalue weighted by molar-refractivity contribution is 9.09. The summed E-state index contributed by atoms with van der Waals surface area (Å²) in [6.45, 7) is 8.64. The molecule has 0 aromatic heterocycles. The molecule has 0 aliphatic rings. The molecule has 0 aromatic carbocycles. The zero-order valence-corrected chi connectivity index (χ0v) is 9.93. The molecule has 0 N–H and O–H groups in total. The Labute approximate surface area is 84.4 Å². The molecule has 0 aromatic rings. The number of methoxy groups -OCH3 is 1. The van der Waals surface area contributed by atoms with Crippen LogP contribution in [0.2, 0.25) is 0 Å². The van der Waals surface area contributed by atoms with Crippen LogP contribution in [0.4, 0.5) is 0 Å². The lowest BCUT2D eigenvalue weighted by atomic mass is 10.2. The van der Waals surface area contributed by atoms with Crippen LogP contribution in [0.25, 0.3) is 0 Å². The maximum Gasteiger partial charge on any atom is 0.0589 e. The monoisotopic (exact) mass is 237 g/mol. The molecular formula is C9H20BrNO. The van der Waals surface area contributed by atoms with Crippen LogP contribution in [-0.4, -0.2) is 43.6 Å². The van der Waals surface area contributed by atoms with Gasteiger partial charge in [-0.3, -0.25) is 4.90 Å². The van der Waals surface area contributed by atoms with Crippen LogP contribution in [0.5, 0.6) is 0 Å². The van der Waals surface area contributed by atoms with E-state index < -0.39 is 0 Å². The summed E-state index contributed by atoms with van der Waals surface area (Å²) in [6.07, 6.45) is 0. The Bertz CT molecular complexity index is 98.5. The van der Waals surface area contributed by atoms with Crippen molar-refractivity contribution in [3.63, 3.8) is 0 Å². The van der Waals surface area contributed by atoms with Crippen LogP contribution in [0, 0.1) is 5.92 Å². The lowest BCUT2D eigenvalue weighted by Gasteiger charge is -2.22. The van der Waals surface area contributed by atoms with Crippen LogP contribution in [0.3, 0.4) is 0 Å². The van der Waals surface area contributed by atoms with Crippen molar-refractivity contribution < 1.29 is 4.74 Å². The Morgan fingerprint density at radius 1 is 1.33 bits per heavy atom. The molecule has 0 unspecified atom stereocenters. The van der Waals surface area contributed by atoms with Crippen molar-refractivity contribution in [3.8, 4) is 0 Å². The first-order valence-electron chi connectivity index (χ1n) is 4.48. The number of nitrogens with zero attached hydrogens (tertiary/aromatic N) is 1. The van der Waals surface area contributed by atoms with Crippen LogP contribution in [-0.2, 0) is 4.74 Å². The van der Waals surface area contributed by atoms with Crippen LogP contribution < -0.4 is 0 Å². The molecule has 0 fully saturated rings. The fourth-order valence-corrected chi connectivity index (χ4v) is 1.65. The molecule has 0 bridgehead atoms. The molecule has 0 atom stereocenters. The average molecular weight is 238 g/mol. The first-order chi connectivity index (χ1) is 5.70. The number of alkyl halides is 1. The van der Waals surface area contributed by atoms with E-state index in [2.05, 4.69) is 34.7 Å². The third kappa shape index (κ3) is 7.07. The Hall–Kier alpha value is 0.400. The van der Waals surface area contributed by atoms with E-state index >= 15 is 0 Å². The zero-order chi connectivity index (χ0) is 9.40. The number of hydrogen-bond acceptors (Lipinski definition) is 2. The van der Waals surface area contributed by atoms with Gasteiger partial charge in [0.05, 0.1) is 6.61 Å². The van der Waals surface area contributed by atoms with Crippen molar-refractivity contribution in [3.05, 3.63) is 0 Å².